The molecule has 3 unspecified atom stereocenters. The molecule has 0 heterocycles. The summed E-state index contributed by atoms with van der Waals surface area (Å²) in [4.78, 5) is 26.0. The number of esters is 1. The van der Waals surface area contributed by atoms with Gasteiger partial charge in [0, 0.05) is 12.8 Å². The van der Waals surface area contributed by atoms with Crippen molar-refractivity contribution in [3.8, 4) is 0 Å². The zero-order chi connectivity index (χ0) is 43.1. The SMILES string of the molecule is CC/C=C\C/C=C\C/C=C\C/C=C\C/C=C\CC(CC(=O)NC(CO)C(O)CCCCCCCCCCCCCC)OC(=O)CCCCC/C=C\CCCCCCCC. The summed E-state index contributed by atoms with van der Waals surface area (Å²) in [6.45, 7) is 6.32. The van der Waals surface area contributed by atoms with Crippen molar-refractivity contribution in [2.24, 2.45) is 0 Å². The average molecular weight is 824 g/mol. The number of rotatable bonds is 43. The Morgan fingerprint density at radius 3 is 1.42 bits per heavy atom. The zero-order valence-electron chi connectivity index (χ0n) is 38.6. The van der Waals surface area contributed by atoms with E-state index in [0.717, 1.165) is 83.5 Å². The number of hydrogen-bond donors (Lipinski definition) is 3. The van der Waals surface area contributed by atoms with Gasteiger partial charge in [-0.2, -0.15) is 0 Å². The van der Waals surface area contributed by atoms with E-state index in [2.05, 4.69) is 86.8 Å². The Labute approximate surface area is 364 Å². The van der Waals surface area contributed by atoms with Crippen molar-refractivity contribution < 1.29 is 24.5 Å². The Morgan fingerprint density at radius 2 is 0.949 bits per heavy atom. The summed E-state index contributed by atoms with van der Waals surface area (Å²) in [5.41, 5.74) is 0. The highest BCUT2D eigenvalue weighted by Crippen LogP contribution is 2.16. The van der Waals surface area contributed by atoms with E-state index in [1.807, 2.05) is 12.2 Å². The minimum Gasteiger partial charge on any atom is -0.461 e. The molecule has 0 saturated carbocycles. The number of aliphatic hydroxyl groups is 2. The lowest BCUT2D eigenvalue weighted by molar-refractivity contribution is -0.150. The number of unbranched alkanes of at least 4 members (excludes halogenated alkanes) is 20. The van der Waals surface area contributed by atoms with E-state index in [9.17, 15) is 19.8 Å². The van der Waals surface area contributed by atoms with Crippen LogP contribution in [-0.2, 0) is 14.3 Å². The van der Waals surface area contributed by atoms with Crippen molar-refractivity contribution in [2.45, 2.75) is 244 Å². The molecule has 6 nitrogen and oxygen atoms in total. The van der Waals surface area contributed by atoms with E-state index in [4.69, 9.17) is 4.74 Å². The van der Waals surface area contributed by atoms with Gasteiger partial charge in [-0.1, -0.05) is 209 Å². The standard InChI is InChI=1S/C53H93NO5/c1-4-7-10-13-16-19-22-25-26-28-29-32-35-38-41-44-49(59-53(58)46-43-40-37-34-31-27-23-20-17-14-11-8-5-2)47-52(57)54-50(48-55)51(56)45-42-39-36-33-30-24-21-18-15-12-9-6-3/h7,10,16,19,25-27,29,31-32,38,41,49-51,55-56H,4-6,8-9,11-15,17-18,20-24,28,30,33-37,39-40,42-48H2,1-3H3,(H,54,57)/b10-7-,19-16-,26-25-,31-27-,32-29-,41-38-. The lowest BCUT2D eigenvalue weighted by Crippen LogP contribution is -2.46. The first-order valence-electron chi connectivity index (χ1n) is 24.7. The molecule has 0 aliphatic carbocycles. The van der Waals surface area contributed by atoms with Gasteiger partial charge in [-0.05, 0) is 70.6 Å². The predicted octanol–water partition coefficient (Wildman–Crippen LogP) is 14.6. The van der Waals surface area contributed by atoms with Crippen molar-refractivity contribution in [1.29, 1.82) is 0 Å². The van der Waals surface area contributed by atoms with E-state index in [1.165, 1.54) is 96.3 Å². The molecule has 1 amide bonds. The lowest BCUT2D eigenvalue weighted by Gasteiger charge is -2.24. The molecule has 0 saturated heterocycles. The fourth-order valence-corrected chi connectivity index (χ4v) is 7.03. The molecule has 0 aromatic rings. The van der Waals surface area contributed by atoms with Crippen molar-refractivity contribution in [3.05, 3.63) is 72.9 Å². The van der Waals surface area contributed by atoms with Crippen LogP contribution in [0.5, 0.6) is 0 Å². The van der Waals surface area contributed by atoms with Gasteiger partial charge in [0.2, 0.25) is 5.91 Å². The molecular formula is C53H93NO5. The molecule has 59 heavy (non-hydrogen) atoms. The van der Waals surface area contributed by atoms with E-state index in [0.29, 0.717) is 19.3 Å². The summed E-state index contributed by atoms with van der Waals surface area (Å²) in [6.07, 6.45) is 58.3. The normalized spacial score (nSPS) is 13.9. The van der Waals surface area contributed by atoms with Crippen LogP contribution >= 0.6 is 0 Å². The van der Waals surface area contributed by atoms with Crippen molar-refractivity contribution >= 4 is 11.9 Å². The summed E-state index contributed by atoms with van der Waals surface area (Å²) >= 11 is 0. The molecule has 6 heteroatoms. The Morgan fingerprint density at radius 1 is 0.525 bits per heavy atom. The number of aliphatic hydroxyl groups excluding tert-OH is 2. The van der Waals surface area contributed by atoms with Crippen LogP contribution < -0.4 is 5.32 Å². The van der Waals surface area contributed by atoms with Gasteiger partial charge in [0.1, 0.15) is 6.10 Å². The molecule has 0 aromatic carbocycles. The minimum absolute atomic E-state index is 0.00866. The van der Waals surface area contributed by atoms with E-state index >= 15 is 0 Å². The van der Waals surface area contributed by atoms with Gasteiger partial charge in [0.25, 0.3) is 0 Å². The number of allylic oxidation sites excluding steroid dienone is 11. The topological polar surface area (TPSA) is 95.9 Å². The summed E-state index contributed by atoms with van der Waals surface area (Å²) in [5.74, 6) is -0.602. The van der Waals surface area contributed by atoms with Crippen LogP contribution in [0, 0.1) is 0 Å². The molecule has 0 bridgehead atoms. The molecular weight excluding hydrogens is 731 g/mol. The highest BCUT2D eigenvalue weighted by atomic mass is 16.5. The van der Waals surface area contributed by atoms with Gasteiger partial charge in [-0.15, -0.1) is 0 Å². The molecule has 3 atom stereocenters. The number of amides is 1. The average Bonchev–Trinajstić information content (AvgIpc) is 3.23. The molecule has 0 rings (SSSR count). The second kappa shape index (κ2) is 46.4. The number of ether oxygens (including phenoxy) is 1. The van der Waals surface area contributed by atoms with Crippen LogP contribution in [0.15, 0.2) is 72.9 Å². The largest absolute Gasteiger partial charge is 0.461 e. The molecule has 0 aromatic heterocycles. The predicted molar refractivity (Wildman–Crippen MR) is 255 cm³/mol. The van der Waals surface area contributed by atoms with Gasteiger partial charge in [0.05, 0.1) is 25.2 Å². The number of hydrogen-bond acceptors (Lipinski definition) is 5. The first-order chi connectivity index (χ1) is 29.0. The Balaban J connectivity index is 4.77. The number of nitrogens with one attached hydrogen (secondary N) is 1. The van der Waals surface area contributed by atoms with Gasteiger partial charge >= 0.3 is 5.97 Å². The zero-order valence-corrected chi connectivity index (χ0v) is 38.6. The second-order valence-electron chi connectivity index (χ2n) is 16.5. The summed E-state index contributed by atoms with van der Waals surface area (Å²) < 4.78 is 5.85. The van der Waals surface area contributed by atoms with Gasteiger partial charge in [-0.3, -0.25) is 9.59 Å². The van der Waals surface area contributed by atoms with Crippen molar-refractivity contribution in [2.75, 3.05) is 6.61 Å². The monoisotopic (exact) mass is 824 g/mol. The van der Waals surface area contributed by atoms with Gasteiger partial charge in [0.15, 0.2) is 0 Å². The molecule has 0 aliphatic heterocycles. The minimum atomic E-state index is -0.815. The molecule has 0 aliphatic rings. The van der Waals surface area contributed by atoms with Gasteiger partial charge < -0.3 is 20.3 Å². The van der Waals surface area contributed by atoms with Crippen molar-refractivity contribution in [3.63, 3.8) is 0 Å². The summed E-state index contributed by atoms with van der Waals surface area (Å²) in [7, 11) is 0. The maximum atomic E-state index is 13.1. The summed E-state index contributed by atoms with van der Waals surface area (Å²) in [6, 6.07) is -0.736. The van der Waals surface area contributed by atoms with E-state index < -0.39 is 18.2 Å². The number of carbonyl (C=O) groups excluding carboxylic acids is 2. The third kappa shape index (κ3) is 41.8. The first-order valence-corrected chi connectivity index (χ1v) is 24.7. The fraction of sp³-hybridized carbons (Fsp3) is 0.736. The fourth-order valence-electron chi connectivity index (χ4n) is 7.03. The maximum Gasteiger partial charge on any atom is 0.306 e. The van der Waals surface area contributed by atoms with Crippen LogP contribution in [0.1, 0.15) is 226 Å². The second-order valence-corrected chi connectivity index (χ2v) is 16.5. The first kappa shape index (κ1) is 56.3. The van der Waals surface area contributed by atoms with Gasteiger partial charge in [-0.25, -0.2) is 0 Å². The quantitative estimate of drug-likeness (QED) is 0.0323. The smallest absolute Gasteiger partial charge is 0.306 e. The molecule has 340 valence electrons. The summed E-state index contributed by atoms with van der Waals surface area (Å²) in [5, 5.41) is 23.7. The maximum absolute atomic E-state index is 13.1. The highest BCUT2D eigenvalue weighted by molar-refractivity contribution is 5.77. The molecule has 0 fully saturated rings. The number of carbonyl (C=O) groups is 2. The molecule has 3 N–H and O–H groups in total. The Kier molecular flexibility index (Phi) is 44.2. The molecule has 0 spiro atoms. The molecule has 0 radical (unpaired) electrons. The highest BCUT2D eigenvalue weighted by Gasteiger charge is 2.23. The van der Waals surface area contributed by atoms with E-state index in [1.54, 1.807) is 0 Å². The van der Waals surface area contributed by atoms with E-state index in [-0.39, 0.29) is 24.9 Å². The lowest BCUT2D eigenvalue weighted by atomic mass is 10.0. The third-order valence-corrected chi connectivity index (χ3v) is 10.8. The van der Waals surface area contributed by atoms with Crippen LogP contribution in [0.2, 0.25) is 0 Å². The van der Waals surface area contributed by atoms with Crippen LogP contribution in [-0.4, -0.2) is 46.9 Å². The van der Waals surface area contributed by atoms with Crippen LogP contribution in [0.25, 0.3) is 0 Å². The van der Waals surface area contributed by atoms with Crippen LogP contribution in [0.4, 0.5) is 0 Å². The Bertz CT molecular complexity index is 1110. The van der Waals surface area contributed by atoms with Crippen molar-refractivity contribution in [1.82, 2.24) is 5.32 Å². The Hall–Kier alpha value is -2.70. The third-order valence-electron chi connectivity index (χ3n) is 10.8. The van der Waals surface area contributed by atoms with Crippen LogP contribution in [0.3, 0.4) is 0 Å².